The third kappa shape index (κ3) is 4.61. The average Bonchev–Trinajstić information content (AvgIpc) is 2.48. The zero-order valence-electron chi connectivity index (χ0n) is 12.3. The van der Waals surface area contributed by atoms with Crippen molar-refractivity contribution in [3.05, 3.63) is 23.8 Å². The van der Waals surface area contributed by atoms with E-state index < -0.39 is 5.97 Å². The molecule has 6 nitrogen and oxygen atoms in total. The van der Waals surface area contributed by atoms with Gasteiger partial charge in [-0.05, 0) is 17.7 Å². The van der Waals surface area contributed by atoms with E-state index in [0.29, 0.717) is 12.3 Å². The third-order valence-electron chi connectivity index (χ3n) is 3.76. The van der Waals surface area contributed by atoms with Crippen molar-refractivity contribution in [2.24, 2.45) is 0 Å². The van der Waals surface area contributed by atoms with E-state index in [0.717, 1.165) is 38.3 Å². The van der Waals surface area contributed by atoms with E-state index in [1.54, 1.807) is 13.2 Å². The highest BCUT2D eigenvalue weighted by Crippen LogP contribution is 2.26. The van der Waals surface area contributed by atoms with E-state index in [4.69, 9.17) is 9.84 Å². The first-order valence-electron chi connectivity index (χ1n) is 7.11. The Labute approximate surface area is 124 Å². The molecule has 0 atom stereocenters. The molecule has 0 saturated carbocycles. The Bertz CT molecular complexity index is 485. The molecule has 0 aliphatic carbocycles. The van der Waals surface area contributed by atoms with E-state index >= 15 is 0 Å². The second kappa shape index (κ2) is 7.28. The van der Waals surface area contributed by atoms with Gasteiger partial charge in [-0.1, -0.05) is 6.07 Å². The minimum atomic E-state index is -0.742. The number of hydrogen-bond acceptors (Lipinski definition) is 5. The average molecular weight is 294 g/mol. The second-order valence-corrected chi connectivity index (χ2v) is 5.27. The van der Waals surface area contributed by atoms with Crippen molar-refractivity contribution in [3.63, 3.8) is 0 Å². The van der Waals surface area contributed by atoms with Crippen LogP contribution in [0.1, 0.15) is 12.0 Å². The first-order chi connectivity index (χ1) is 10.1. The van der Waals surface area contributed by atoms with Crippen LogP contribution < -0.4 is 4.74 Å². The van der Waals surface area contributed by atoms with Crippen LogP contribution in [0.4, 0.5) is 0 Å². The largest absolute Gasteiger partial charge is 0.504 e. The first-order valence-corrected chi connectivity index (χ1v) is 7.11. The highest BCUT2D eigenvalue weighted by Gasteiger charge is 2.17. The van der Waals surface area contributed by atoms with Gasteiger partial charge in [-0.3, -0.25) is 9.69 Å². The maximum atomic E-state index is 10.6. The Morgan fingerprint density at radius 2 is 1.90 bits per heavy atom. The monoisotopic (exact) mass is 294 g/mol. The molecule has 21 heavy (non-hydrogen) atoms. The molecule has 1 aliphatic rings. The minimum absolute atomic E-state index is 0.153. The maximum absolute atomic E-state index is 10.6. The summed E-state index contributed by atoms with van der Waals surface area (Å²) in [6.45, 7) is 5.05. The van der Waals surface area contributed by atoms with Crippen LogP contribution in [-0.2, 0) is 11.3 Å². The Morgan fingerprint density at radius 1 is 1.24 bits per heavy atom. The standard InChI is InChI=1S/C15H22N2O4/c1-21-14-10-12(2-3-13(14)18)11-17-8-6-16(7-9-17)5-4-15(19)20/h2-3,10,18H,4-9,11H2,1H3,(H,19,20). The van der Waals surface area contributed by atoms with E-state index in [2.05, 4.69) is 9.80 Å². The molecule has 1 heterocycles. The topological polar surface area (TPSA) is 73.2 Å². The lowest BCUT2D eigenvalue weighted by Crippen LogP contribution is -2.46. The second-order valence-electron chi connectivity index (χ2n) is 5.27. The van der Waals surface area contributed by atoms with Crippen LogP contribution in [0.25, 0.3) is 0 Å². The summed E-state index contributed by atoms with van der Waals surface area (Å²) in [5, 5.41) is 18.3. The minimum Gasteiger partial charge on any atom is -0.504 e. The van der Waals surface area contributed by atoms with Gasteiger partial charge in [0.25, 0.3) is 0 Å². The van der Waals surface area contributed by atoms with Crippen molar-refractivity contribution in [2.45, 2.75) is 13.0 Å². The summed E-state index contributed by atoms with van der Waals surface area (Å²) < 4.78 is 5.11. The van der Waals surface area contributed by atoms with Gasteiger partial charge in [-0.15, -0.1) is 0 Å². The van der Waals surface area contributed by atoms with Crippen LogP contribution in [0.15, 0.2) is 18.2 Å². The van der Waals surface area contributed by atoms with Gasteiger partial charge in [-0.25, -0.2) is 0 Å². The van der Waals surface area contributed by atoms with Gasteiger partial charge in [0.05, 0.1) is 13.5 Å². The fourth-order valence-electron chi connectivity index (χ4n) is 2.50. The quantitative estimate of drug-likeness (QED) is 0.815. The van der Waals surface area contributed by atoms with Crippen LogP contribution in [-0.4, -0.2) is 65.8 Å². The molecule has 0 aromatic heterocycles. The smallest absolute Gasteiger partial charge is 0.304 e. The van der Waals surface area contributed by atoms with E-state index in [1.807, 2.05) is 12.1 Å². The number of ether oxygens (including phenoxy) is 1. The number of carboxylic acid groups (broad SMARTS) is 1. The number of carboxylic acids is 1. The lowest BCUT2D eigenvalue weighted by Gasteiger charge is -2.34. The molecule has 0 radical (unpaired) electrons. The van der Waals surface area contributed by atoms with Gasteiger partial charge in [0.2, 0.25) is 0 Å². The first kappa shape index (κ1) is 15.6. The van der Waals surface area contributed by atoms with Crippen molar-refractivity contribution < 1.29 is 19.7 Å². The summed E-state index contributed by atoms with van der Waals surface area (Å²) in [7, 11) is 1.54. The predicted molar refractivity (Wildman–Crippen MR) is 78.6 cm³/mol. The summed E-state index contributed by atoms with van der Waals surface area (Å²) in [6.07, 6.45) is 0.204. The molecule has 116 valence electrons. The predicted octanol–water partition coefficient (Wildman–Crippen LogP) is 0.993. The van der Waals surface area contributed by atoms with Crippen molar-refractivity contribution in [1.29, 1.82) is 0 Å². The number of phenolic OH excluding ortho intramolecular Hbond substituents is 1. The van der Waals surface area contributed by atoms with Crippen LogP contribution in [0.5, 0.6) is 11.5 Å². The number of phenols is 1. The van der Waals surface area contributed by atoms with Crippen LogP contribution in [0.2, 0.25) is 0 Å². The Morgan fingerprint density at radius 3 is 2.52 bits per heavy atom. The number of aromatic hydroxyl groups is 1. The van der Waals surface area contributed by atoms with Gasteiger partial charge in [0, 0.05) is 39.3 Å². The molecule has 0 bridgehead atoms. The maximum Gasteiger partial charge on any atom is 0.304 e. The van der Waals surface area contributed by atoms with Crippen molar-refractivity contribution in [1.82, 2.24) is 9.80 Å². The van der Waals surface area contributed by atoms with E-state index in [9.17, 15) is 9.90 Å². The van der Waals surface area contributed by atoms with Gasteiger partial charge < -0.3 is 19.8 Å². The number of carbonyl (C=O) groups is 1. The molecule has 2 N–H and O–H groups in total. The van der Waals surface area contributed by atoms with Crippen LogP contribution in [0, 0.1) is 0 Å². The molecular weight excluding hydrogens is 272 g/mol. The molecule has 1 fully saturated rings. The van der Waals surface area contributed by atoms with E-state index in [1.165, 1.54) is 0 Å². The van der Waals surface area contributed by atoms with Crippen molar-refractivity contribution >= 4 is 5.97 Å². The molecule has 1 aromatic rings. The summed E-state index contributed by atoms with van der Waals surface area (Å²) in [5.41, 5.74) is 1.10. The molecular formula is C15H22N2O4. The Hall–Kier alpha value is -1.79. The zero-order valence-corrected chi connectivity index (χ0v) is 12.3. The fraction of sp³-hybridized carbons (Fsp3) is 0.533. The molecule has 0 spiro atoms. The summed E-state index contributed by atoms with van der Waals surface area (Å²) in [4.78, 5) is 15.1. The van der Waals surface area contributed by atoms with Gasteiger partial charge in [0.15, 0.2) is 11.5 Å². The molecule has 0 unspecified atom stereocenters. The summed E-state index contributed by atoms with van der Waals surface area (Å²) in [5.74, 6) is -0.0963. The number of rotatable bonds is 6. The number of aliphatic carboxylic acids is 1. The molecule has 6 heteroatoms. The fourth-order valence-corrected chi connectivity index (χ4v) is 2.50. The number of piperazine rings is 1. The van der Waals surface area contributed by atoms with Crippen molar-refractivity contribution in [3.8, 4) is 11.5 Å². The highest BCUT2D eigenvalue weighted by molar-refractivity contribution is 5.66. The van der Waals surface area contributed by atoms with Crippen molar-refractivity contribution in [2.75, 3.05) is 39.8 Å². The number of methoxy groups -OCH3 is 1. The van der Waals surface area contributed by atoms with E-state index in [-0.39, 0.29) is 12.2 Å². The van der Waals surface area contributed by atoms with Gasteiger partial charge >= 0.3 is 5.97 Å². The number of benzene rings is 1. The SMILES string of the molecule is COc1cc(CN2CCN(CCC(=O)O)CC2)ccc1O. The summed E-state index contributed by atoms with van der Waals surface area (Å²) >= 11 is 0. The molecule has 1 aliphatic heterocycles. The van der Waals surface area contributed by atoms with Crippen LogP contribution >= 0.6 is 0 Å². The molecule has 1 aromatic carbocycles. The molecule has 1 saturated heterocycles. The number of hydrogen-bond donors (Lipinski definition) is 2. The van der Waals surface area contributed by atoms with Crippen LogP contribution in [0.3, 0.4) is 0 Å². The summed E-state index contributed by atoms with van der Waals surface area (Å²) in [6, 6.07) is 5.40. The lowest BCUT2D eigenvalue weighted by atomic mass is 10.1. The Kier molecular flexibility index (Phi) is 5.41. The van der Waals surface area contributed by atoms with Gasteiger partial charge in [0.1, 0.15) is 0 Å². The highest BCUT2D eigenvalue weighted by atomic mass is 16.5. The third-order valence-corrected chi connectivity index (χ3v) is 3.76. The zero-order chi connectivity index (χ0) is 15.2. The molecule has 2 rings (SSSR count). The lowest BCUT2D eigenvalue weighted by molar-refractivity contribution is -0.137. The number of nitrogens with zero attached hydrogens (tertiary/aromatic N) is 2. The molecule has 0 amide bonds. The normalized spacial score (nSPS) is 16.8. The Balaban J connectivity index is 1.82. The van der Waals surface area contributed by atoms with Gasteiger partial charge in [-0.2, -0.15) is 0 Å².